The van der Waals surface area contributed by atoms with Crippen LogP contribution in [0.25, 0.3) is 0 Å². The fraction of sp³-hybridized carbons (Fsp3) is 1.00. The number of rotatable bonds is 4. The third-order valence-electron chi connectivity index (χ3n) is 6.73. The molecule has 5 unspecified atom stereocenters. The average molecular weight is 264 g/mol. The summed E-state index contributed by atoms with van der Waals surface area (Å²) < 4.78 is 0. The number of fused-ring (bicyclic) bond motifs is 2. The van der Waals surface area contributed by atoms with Gasteiger partial charge in [-0.1, -0.05) is 33.1 Å². The van der Waals surface area contributed by atoms with E-state index in [1.165, 1.54) is 57.8 Å². The van der Waals surface area contributed by atoms with Gasteiger partial charge in [-0.25, -0.2) is 0 Å². The third-order valence-corrected chi connectivity index (χ3v) is 6.73. The zero-order chi connectivity index (χ0) is 13.5. The van der Waals surface area contributed by atoms with Crippen LogP contribution in [0.3, 0.4) is 0 Å². The lowest BCUT2D eigenvalue weighted by Gasteiger charge is -2.44. The summed E-state index contributed by atoms with van der Waals surface area (Å²) in [6.07, 6.45) is 12.9. The van der Waals surface area contributed by atoms with E-state index in [9.17, 15) is 0 Å². The summed E-state index contributed by atoms with van der Waals surface area (Å²) >= 11 is 0. The van der Waals surface area contributed by atoms with E-state index < -0.39 is 0 Å². The quantitative estimate of drug-likeness (QED) is 0.597. The molecule has 0 radical (unpaired) electrons. The van der Waals surface area contributed by atoms with Gasteiger partial charge in [-0.15, -0.1) is 0 Å². The van der Waals surface area contributed by atoms with Crippen LogP contribution in [0.4, 0.5) is 0 Å². The lowest BCUT2D eigenvalue weighted by Crippen LogP contribution is -2.48. The van der Waals surface area contributed by atoms with Gasteiger partial charge in [-0.3, -0.25) is 11.3 Å². The van der Waals surface area contributed by atoms with Crippen molar-refractivity contribution < 1.29 is 0 Å². The largest absolute Gasteiger partial charge is 0.271 e. The van der Waals surface area contributed by atoms with E-state index in [0.717, 1.165) is 23.7 Å². The fourth-order valence-corrected chi connectivity index (χ4v) is 5.61. The molecule has 110 valence electrons. The van der Waals surface area contributed by atoms with Crippen molar-refractivity contribution in [1.29, 1.82) is 0 Å². The topological polar surface area (TPSA) is 38.0 Å². The summed E-state index contributed by atoms with van der Waals surface area (Å²) in [5, 5.41) is 0. The average Bonchev–Trinajstić information content (AvgIpc) is 2.98. The Labute approximate surface area is 118 Å². The van der Waals surface area contributed by atoms with E-state index in [0.29, 0.717) is 11.5 Å². The molecule has 0 saturated heterocycles. The van der Waals surface area contributed by atoms with Gasteiger partial charge in [-0.2, -0.15) is 0 Å². The van der Waals surface area contributed by atoms with Gasteiger partial charge in [0.2, 0.25) is 0 Å². The zero-order valence-electron chi connectivity index (χ0n) is 12.8. The van der Waals surface area contributed by atoms with Crippen molar-refractivity contribution in [2.24, 2.45) is 34.9 Å². The van der Waals surface area contributed by atoms with Gasteiger partial charge in [-0.05, 0) is 67.6 Å². The van der Waals surface area contributed by atoms with E-state index in [2.05, 4.69) is 19.3 Å². The SMILES string of the molecule is CC1(C)CCCCC1C(CC1CC2CCC1C2)NN. The Bertz CT molecular complexity index is 312. The highest BCUT2D eigenvalue weighted by molar-refractivity contribution is 4.95. The smallest absolute Gasteiger partial charge is 0.0246 e. The molecule has 3 saturated carbocycles. The first-order valence-electron chi connectivity index (χ1n) is 8.56. The minimum atomic E-state index is 0.479. The van der Waals surface area contributed by atoms with Crippen molar-refractivity contribution in [2.75, 3.05) is 0 Å². The second-order valence-electron chi connectivity index (χ2n) is 8.28. The summed E-state index contributed by atoms with van der Waals surface area (Å²) in [6, 6.07) is 0.555. The van der Waals surface area contributed by atoms with Gasteiger partial charge in [0.15, 0.2) is 0 Å². The molecule has 3 aliphatic rings. The van der Waals surface area contributed by atoms with E-state index in [-0.39, 0.29) is 0 Å². The van der Waals surface area contributed by atoms with Crippen LogP contribution in [-0.2, 0) is 0 Å². The standard InChI is InChI=1S/C17H32N2/c1-17(2)8-4-3-5-15(17)16(19-18)11-14-10-12-6-7-13(14)9-12/h12-16,19H,3-11,18H2,1-2H3. The maximum Gasteiger partial charge on any atom is 0.0246 e. The molecule has 3 rings (SSSR count). The van der Waals surface area contributed by atoms with Gasteiger partial charge in [0.05, 0.1) is 0 Å². The lowest BCUT2D eigenvalue weighted by atomic mass is 9.64. The van der Waals surface area contributed by atoms with E-state index in [1.54, 1.807) is 0 Å². The molecule has 0 aromatic carbocycles. The van der Waals surface area contributed by atoms with Crippen molar-refractivity contribution in [3.63, 3.8) is 0 Å². The van der Waals surface area contributed by atoms with Crippen molar-refractivity contribution in [3.05, 3.63) is 0 Å². The number of hydrogen-bond donors (Lipinski definition) is 2. The molecule has 3 aliphatic carbocycles. The van der Waals surface area contributed by atoms with Crippen LogP contribution >= 0.6 is 0 Å². The van der Waals surface area contributed by atoms with Crippen molar-refractivity contribution in [2.45, 2.75) is 77.7 Å². The Morgan fingerprint density at radius 1 is 1.16 bits per heavy atom. The normalized spacial score (nSPS) is 42.5. The number of nitrogens with two attached hydrogens (primary N) is 1. The molecule has 0 aromatic rings. The first-order valence-corrected chi connectivity index (χ1v) is 8.56. The highest BCUT2D eigenvalue weighted by Gasteiger charge is 2.43. The van der Waals surface area contributed by atoms with Crippen molar-refractivity contribution in [1.82, 2.24) is 5.43 Å². The Morgan fingerprint density at radius 2 is 2.00 bits per heavy atom. The molecular weight excluding hydrogens is 232 g/mol. The van der Waals surface area contributed by atoms with Gasteiger partial charge < -0.3 is 0 Å². The second kappa shape index (κ2) is 5.37. The molecule has 0 aromatic heterocycles. The van der Waals surface area contributed by atoms with Gasteiger partial charge in [0.1, 0.15) is 0 Å². The highest BCUT2D eigenvalue weighted by Crippen LogP contribution is 2.51. The Kier molecular flexibility index (Phi) is 3.92. The third kappa shape index (κ3) is 2.71. The molecule has 0 spiro atoms. The molecule has 2 nitrogen and oxygen atoms in total. The number of nitrogens with one attached hydrogen (secondary N) is 1. The lowest BCUT2D eigenvalue weighted by molar-refractivity contribution is 0.0820. The van der Waals surface area contributed by atoms with Crippen LogP contribution < -0.4 is 11.3 Å². The first kappa shape index (κ1) is 13.9. The summed E-state index contributed by atoms with van der Waals surface area (Å²) in [6.45, 7) is 4.92. The van der Waals surface area contributed by atoms with Crippen molar-refractivity contribution in [3.8, 4) is 0 Å². The second-order valence-corrected chi connectivity index (χ2v) is 8.28. The summed E-state index contributed by atoms with van der Waals surface area (Å²) in [5.74, 6) is 9.80. The predicted octanol–water partition coefficient (Wildman–Crippen LogP) is 3.86. The maximum atomic E-state index is 5.95. The molecule has 0 aliphatic heterocycles. The highest BCUT2D eigenvalue weighted by atomic mass is 15.2. The molecule has 3 N–H and O–H groups in total. The van der Waals surface area contributed by atoms with E-state index in [4.69, 9.17) is 5.84 Å². The van der Waals surface area contributed by atoms with Crippen LogP contribution in [0.2, 0.25) is 0 Å². The first-order chi connectivity index (χ1) is 9.10. The number of hydrazine groups is 1. The van der Waals surface area contributed by atoms with E-state index in [1.807, 2.05) is 0 Å². The minimum absolute atomic E-state index is 0.479. The van der Waals surface area contributed by atoms with Gasteiger partial charge >= 0.3 is 0 Å². The summed E-state index contributed by atoms with van der Waals surface area (Å²) in [5.41, 5.74) is 3.69. The zero-order valence-corrected chi connectivity index (χ0v) is 12.8. The van der Waals surface area contributed by atoms with Crippen LogP contribution in [0.5, 0.6) is 0 Å². The number of hydrogen-bond acceptors (Lipinski definition) is 2. The molecule has 5 atom stereocenters. The molecule has 2 bridgehead atoms. The Hall–Kier alpha value is -0.0800. The van der Waals surface area contributed by atoms with Gasteiger partial charge in [0.25, 0.3) is 0 Å². The fourth-order valence-electron chi connectivity index (χ4n) is 5.61. The van der Waals surface area contributed by atoms with Crippen LogP contribution in [0.15, 0.2) is 0 Å². The van der Waals surface area contributed by atoms with Crippen LogP contribution in [-0.4, -0.2) is 6.04 Å². The van der Waals surface area contributed by atoms with Crippen LogP contribution in [0, 0.1) is 29.1 Å². The summed E-state index contributed by atoms with van der Waals surface area (Å²) in [7, 11) is 0. The van der Waals surface area contributed by atoms with Crippen molar-refractivity contribution >= 4 is 0 Å². The predicted molar refractivity (Wildman–Crippen MR) is 80.4 cm³/mol. The molecule has 0 heterocycles. The molecular formula is C17H32N2. The Morgan fingerprint density at radius 3 is 2.58 bits per heavy atom. The molecule has 3 fully saturated rings. The maximum absolute atomic E-state index is 5.95. The van der Waals surface area contributed by atoms with Gasteiger partial charge in [0, 0.05) is 6.04 Å². The summed E-state index contributed by atoms with van der Waals surface area (Å²) in [4.78, 5) is 0. The van der Waals surface area contributed by atoms with Crippen LogP contribution in [0.1, 0.15) is 71.6 Å². The Balaban J connectivity index is 1.63. The molecule has 2 heteroatoms. The minimum Gasteiger partial charge on any atom is -0.271 e. The van der Waals surface area contributed by atoms with E-state index >= 15 is 0 Å². The monoisotopic (exact) mass is 264 g/mol. The molecule has 0 amide bonds. The molecule has 19 heavy (non-hydrogen) atoms.